The van der Waals surface area contributed by atoms with Crippen LogP contribution in [-0.2, 0) is 22.6 Å². The van der Waals surface area contributed by atoms with Crippen molar-refractivity contribution in [2.45, 2.75) is 32.7 Å². The second-order valence-electron chi connectivity index (χ2n) is 3.65. The molecule has 1 rings (SSSR count). The molecular weight excluding hydrogens is 224 g/mol. The zero-order chi connectivity index (χ0) is 12.7. The van der Waals surface area contributed by atoms with E-state index in [4.69, 9.17) is 5.11 Å². The summed E-state index contributed by atoms with van der Waals surface area (Å²) in [6, 6.07) is 0. The highest BCUT2D eigenvalue weighted by Crippen LogP contribution is 1.98. The van der Waals surface area contributed by atoms with Crippen LogP contribution < -0.4 is 5.32 Å². The minimum atomic E-state index is -0.875. The first-order valence-electron chi connectivity index (χ1n) is 5.49. The van der Waals surface area contributed by atoms with Gasteiger partial charge in [0.05, 0.1) is 12.1 Å². The predicted molar refractivity (Wildman–Crippen MR) is 59.3 cm³/mol. The molecule has 0 saturated heterocycles. The average molecular weight is 240 g/mol. The molecule has 17 heavy (non-hydrogen) atoms. The molecule has 0 spiro atoms. The Bertz CT molecular complexity index is 389. The number of hydrogen-bond acceptors (Lipinski definition) is 4. The van der Waals surface area contributed by atoms with Crippen LogP contribution in [0.1, 0.15) is 25.5 Å². The number of aryl methyl sites for hydroxylation is 1. The molecule has 1 aromatic heterocycles. The van der Waals surface area contributed by atoms with Crippen molar-refractivity contribution in [3.8, 4) is 0 Å². The molecule has 0 fully saturated rings. The molecule has 0 unspecified atom stereocenters. The number of nitrogens with zero attached hydrogens (tertiary/aromatic N) is 3. The van der Waals surface area contributed by atoms with Crippen LogP contribution in [0.5, 0.6) is 0 Å². The number of nitrogens with one attached hydrogen (secondary N) is 1. The van der Waals surface area contributed by atoms with E-state index in [1.54, 1.807) is 6.20 Å². The Balaban J connectivity index is 2.39. The zero-order valence-electron chi connectivity index (χ0n) is 9.72. The topological polar surface area (TPSA) is 97.1 Å². The third-order valence-electron chi connectivity index (χ3n) is 2.06. The Morgan fingerprint density at radius 1 is 1.53 bits per heavy atom. The summed E-state index contributed by atoms with van der Waals surface area (Å²) >= 11 is 0. The lowest BCUT2D eigenvalue weighted by Crippen LogP contribution is -2.28. The SMILES string of the molecule is CCCNC(=O)Cn1cc(CCC(=O)O)nn1. The van der Waals surface area contributed by atoms with Crippen molar-refractivity contribution in [1.29, 1.82) is 0 Å². The van der Waals surface area contributed by atoms with Crippen LogP contribution in [0.4, 0.5) is 0 Å². The van der Waals surface area contributed by atoms with E-state index in [0.29, 0.717) is 18.7 Å². The Morgan fingerprint density at radius 3 is 2.94 bits per heavy atom. The van der Waals surface area contributed by atoms with Gasteiger partial charge in [0.1, 0.15) is 6.54 Å². The van der Waals surface area contributed by atoms with Crippen molar-refractivity contribution < 1.29 is 14.7 Å². The van der Waals surface area contributed by atoms with Gasteiger partial charge < -0.3 is 10.4 Å². The molecule has 0 aliphatic heterocycles. The van der Waals surface area contributed by atoms with Crippen LogP contribution in [-0.4, -0.2) is 38.5 Å². The van der Waals surface area contributed by atoms with Crippen LogP contribution in [0.2, 0.25) is 0 Å². The van der Waals surface area contributed by atoms with E-state index in [1.165, 1.54) is 4.68 Å². The number of hydrogen-bond donors (Lipinski definition) is 2. The van der Waals surface area contributed by atoms with Gasteiger partial charge in [-0.2, -0.15) is 0 Å². The number of carboxylic acid groups (broad SMARTS) is 1. The third kappa shape index (κ3) is 5.10. The predicted octanol–water partition coefficient (Wildman–Crippen LogP) is -0.179. The summed E-state index contributed by atoms with van der Waals surface area (Å²) in [7, 11) is 0. The molecule has 2 N–H and O–H groups in total. The van der Waals surface area contributed by atoms with Crippen molar-refractivity contribution in [3.63, 3.8) is 0 Å². The highest BCUT2D eigenvalue weighted by Gasteiger charge is 2.06. The lowest BCUT2D eigenvalue weighted by atomic mass is 10.2. The number of amides is 1. The van der Waals surface area contributed by atoms with Gasteiger partial charge in [0.2, 0.25) is 5.91 Å². The largest absolute Gasteiger partial charge is 0.481 e. The first-order chi connectivity index (χ1) is 8.11. The summed E-state index contributed by atoms with van der Waals surface area (Å²) in [6.45, 7) is 2.72. The molecule has 0 radical (unpaired) electrons. The van der Waals surface area contributed by atoms with E-state index in [1.807, 2.05) is 6.92 Å². The molecule has 0 saturated carbocycles. The summed E-state index contributed by atoms with van der Waals surface area (Å²) in [6.07, 6.45) is 2.81. The van der Waals surface area contributed by atoms with Crippen molar-refractivity contribution in [3.05, 3.63) is 11.9 Å². The Labute approximate surface area is 98.8 Å². The summed E-state index contributed by atoms with van der Waals surface area (Å²) in [5, 5.41) is 18.8. The van der Waals surface area contributed by atoms with Crippen molar-refractivity contribution >= 4 is 11.9 Å². The van der Waals surface area contributed by atoms with Gasteiger partial charge in [-0.3, -0.25) is 9.59 Å². The van der Waals surface area contributed by atoms with Gasteiger partial charge in [0, 0.05) is 19.2 Å². The van der Waals surface area contributed by atoms with Gasteiger partial charge in [-0.25, -0.2) is 4.68 Å². The first kappa shape index (κ1) is 13.1. The number of carbonyl (C=O) groups excluding carboxylic acids is 1. The van der Waals surface area contributed by atoms with Gasteiger partial charge in [-0.1, -0.05) is 12.1 Å². The third-order valence-corrected chi connectivity index (χ3v) is 2.06. The molecule has 0 aliphatic carbocycles. The fourth-order valence-corrected chi connectivity index (χ4v) is 1.23. The maximum absolute atomic E-state index is 11.4. The Hall–Kier alpha value is -1.92. The fraction of sp³-hybridized carbons (Fsp3) is 0.600. The molecule has 1 aromatic rings. The number of rotatable bonds is 7. The van der Waals surface area contributed by atoms with E-state index in [2.05, 4.69) is 15.6 Å². The molecule has 0 aliphatic rings. The number of aliphatic carboxylic acids is 1. The minimum Gasteiger partial charge on any atom is -0.481 e. The minimum absolute atomic E-state index is 0.0146. The summed E-state index contributed by atoms with van der Waals surface area (Å²) in [4.78, 5) is 21.7. The normalized spacial score (nSPS) is 10.2. The van der Waals surface area contributed by atoms with Crippen LogP contribution in [0.15, 0.2) is 6.20 Å². The summed E-state index contributed by atoms with van der Waals surface area (Å²) in [5.41, 5.74) is 0.579. The summed E-state index contributed by atoms with van der Waals surface area (Å²) in [5.74, 6) is -0.998. The maximum Gasteiger partial charge on any atom is 0.303 e. The second kappa shape index (κ2) is 6.62. The lowest BCUT2D eigenvalue weighted by molar-refractivity contribution is -0.137. The molecule has 1 amide bonds. The molecule has 7 heteroatoms. The quantitative estimate of drug-likeness (QED) is 0.689. The number of carbonyl (C=O) groups is 2. The van der Waals surface area contributed by atoms with Gasteiger partial charge >= 0.3 is 5.97 Å². The molecule has 94 valence electrons. The molecule has 1 heterocycles. The van der Waals surface area contributed by atoms with E-state index in [-0.39, 0.29) is 18.9 Å². The lowest BCUT2D eigenvalue weighted by Gasteiger charge is -2.01. The average Bonchev–Trinajstić information content (AvgIpc) is 2.71. The Kier molecular flexibility index (Phi) is 5.12. The highest BCUT2D eigenvalue weighted by atomic mass is 16.4. The molecular formula is C10H16N4O3. The van der Waals surface area contributed by atoms with E-state index in [9.17, 15) is 9.59 Å². The van der Waals surface area contributed by atoms with Gasteiger partial charge in [-0.05, 0) is 6.42 Å². The van der Waals surface area contributed by atoms with Crippen molar-refractivity contribution in [2.24, 2.45) is 0 Å². The number of aromatic nitrogens is 3. The van der Waals surface area contributed by atoms with Gasteiger partial charge in [0.15, 0.2) is 0 Å². The first-order valence-corrected chi connectivity index (χ1v) is 5.49. The molecule has 0 bridgehead atoms. The smallest absolute Gasteiger partial charge is 0.303 e. The number of carboxylic acids is 1. The van der Waals surface area contributed by atoms with Crippen LogP contribution >= 0.6 is 0 Å². The summed E-state index contributed by atoms with van der Waals surface area (Å²) < 4.78 is 1.40. The zero-order valence-corrected chi connectivity index (χ0v) is 9.72. The van der Waals surface area contributed by atoms with Crippen molar-refractivity contribution in [2.75, 3.05) is 6.54 Å². The fourth-order valence-electron chi connectivity index (χ4n) is 1.23. The van der Waals surface area contributed by atoms with Crippen LogP contribution in [0.25, 0.3) is 0 Å². The van der Waals surface area contributed by atoms with Crippen molar-refractivity contribution in [1.82, 2.24) is 20.3 Å². The maximum atomic E-state index is 11.4. The standard InChI is InChI=1S/C10H16N4O3/c1-2-5-11-9(15)7-14-6-8(12-13-14)3-4-10(16)17/h6H,2-5,7H2,1H3,(H,11,15)(H,16,17). The van der Waals surface area contributed by atoms with Crippen LogP contribution in [0.3, 0.4) is 0 Å². The highest BCUT2D eigenvalue weighted by molar-refractivity contribution is 5.75. The molecule has 0 aromatic carbocycles. The second-order valence-corrected chi connectivity index (χ2v) is 3.65. The monoisotopic (exact) mass is 240 g/mol. The van der Waals surface area contributed by atoms with E-state index in [0.717, 1.165) is 6.42 Å². The van der Waals surface area contributed by atoms with Crippen LogP contribution in [0, 0.1) is 0 Å². The Morgan fingerprint density at radius 2 is 2.29 bits per heavy atom. The van der Waals surface area contributed by atoms with Gasteiger partial charge in [0.25, 0.3) is 0 Å². The van der Waals surface area contributed by atoms with Gasteiger partial charge in [-0.15, -0.1) is 5.10 Å². The van der Waals surface area contributed by atoms with E-state index < -0.39 is 5.97 Å². The molecule has 7 nitrogen and oxygen atoms in total. The molecule has 0 atom stereocenters. The van der Waals surface area contributed by atoms with E-state index >= 15 is 0 Å².